The molecule has 0 aliphatic carbocycles. The third-order valence-electron chi connectivity index (χ3n) is 3.92. The van der Waals surface area contributed by atoms with Crippen molar-refractivity contribution in [2.24, 2.45) is 0 Å². The molecule has 122 valence electrons. The molecule has 1 unspecified atom stereocenters. The van der Waals surface area contributed by atoms with Gasteiger partial charge in [-0.3, -0.25) is 14.4 Å². The van der Waals surface area contributed by atoms with Crippen LogP contribution in [-0.4, -0.2) is 22.7 Å². The van der Waals surface area contributed by atoms with Gasteiger partial charge in [-0.15, -0.1) is 0 Å². The summed E-state index contributed by atoms with van der Waals surface area (Å²) < 4.78 is 0. The predicted molar refractivity (Wildman–Crippen MR) is 88.7 cm³/mol. The number of para-hydroxylation sites is 1. The van der Waals surface area contributed by atoms with Crippen molar-refractivity contribution in [3.8, 4) is 0 Å². The predicted octanol–water partition coefficient (Wildman–Crippen LogP) is 2.06. The van der Waals surface area contributed by atoms with E-state index >= 15 is 0 Å². The zero-order chi connectivity index (χ0) is 17.3. The van der Waals surface area contributed by atoms with Gasteiger partial charge in [0.1, 0.15) is 0 Å². The Hall–Kier alpha value is -2.99. The fraction of sp³-hybridized carbons (Fsp3) is 0.167. The molecule has 1 atom stereocenters. The summed E-state index contributed by atoms with van der Waals surface area (Å²) >= 11 is 0. The van der Waals surface area contributed by atoms with Crippen LogP contribution < -0.4 is 10.6 Å². The van der Waals surface area contributed by atoms with Crippen molar-refractivity contribution >= 4 is 29.0 Å². The van der Waals surface area contributed by atoms with E-state index in [1.165, 1.54) is 13.0 Å². The Labute approximate surface area is 138 Å². The van der Waals surface area contributed by atoms with E-state index in [-0.39, 0.29) is 12.3 Å². The first kappa shape index (κ1) is 15.9. The number of fused-ring (bicyclic) bond motifs is 1. The largest absolute Gasteiger partial charge is 0.375 e. The summed E-state index contributed by atoms with van der Waals surface area (Å²) in [4.78, 5) is 35.8. The van der Waals surface area contributed by atoms with Gasteiger partial charge < -0.3 is 15.7 Å². The molecular formula is C18H16N2O4. The Bertz CT molecular complexity index is 846. The van der Waals surface area contributed by atoms with Crippen molar-refractivity contribution in [3.63, 3.8) is 0 Å². The van der Waals surface area contributed by atoms with Crippen LogP contribution in [0, 0.1) is 0 Å². The first-order valence-corrected chi connectivity index (χ1v) is 7.44. The Kier molecular flexibility index (Phi) is 3.91. The van der Waals surface area contributed by atoms with Crippen molar-refractivity contribution in [2.75, 3.05) is 10.6 Å². The summed E-state index contributed by atoms with van der Waals surface area (Å²) in [6, 6.07) is 13.1. The number of nitrogens with one attached hydrogen (secondary N) is 2. The number of carbonyl (C=O) groups excluding carboxylic acids is 3. The van der Waals surface area contributed by atoms with Crippen molar-refractivity contribution < 1.29 is 19.5 Å². The van der Waals surface area contributed by atoms with E-state index in [4.69, 9.17) is 0 Å². The van der Waals surface area contributed by atoms with Gasteiger partial charge in [-0.2, -0.15) is 0 Å². The summed E-state index contributed by atoms with van der Waals surface area (Å²) in [5.41, 5.74) is -0.202. The highest BCUT2D eigenvalue weighted by molar-refractivity contribution is 6.09. The van der Waals surface area contributed by atoms with E-state index in [1.807, 2.05) is 0 Å². The topological polar surface area (TPSA) is 95.5 Å². The number of rotatable bonds is 4. The number of amides is 2. The fourth-order valence-corrected chi connectivity index (χ4v) is 2.78. The van der Waals surface area contributed by atoms with E-state index in [2.05, 4.69) is 10.6 Å². The maximum absolute atomic E-state index is 12.5. The zero-order valence-electron chi connectivity index (χ0n) is 13.0. The van der Waals surface area contributed by atoms with Crippen molar-refractivity contribution in [1.82, 2.24) is 0 Å². The minimum absolute atomic E-state index is 0.248. The van der Waals surface area contributed by atoms with E-state index in [1.54, 1.807) is 42.5 Å². The van der Waals surface area contributed by atoms with Crippen LogP contribution in [0.2, 0.25) is 0 Å². The van der Waals surface area contributed by atoms with Crippen LogP contribution in [0.4, 0.5) is 11.4 Å². The average Bonchev–Trinajstić information content (AvgIpc) is 2.78. The van der Waals surface area contributed by atoms with Crippen LogP contribution in [0.15, 0.2) is 48.5 Å². The van der Waals surface area contributed by atoms with Crippen molar-refractivity contribution in [2.45, 2.75) is 18.9 Å². The number of ketones is 1. The smallest absolute Gasteiger partial charge is 0.261 e. The highest BCUT2D eigenvalue weighted by Gasteiger charge is 2.46. The molecule has 6 nitrogen and oxygen atoms in total. The highest BCUT2D eigenvalue weighted by atomic mass is 16.3. The summed E-state index contributed by atoms with van der Waals surface area (Å²) in [7, 11) is 0. The second-order valence-electron chi connectivity index (χ2n) is 5.72. The Balaban J connectivity index is 1.87. The lowest BCUT2D eigenvalue weighted by molar-refractivity contribution is -0.133. The highest BCUT2D eigenvalue weighted by Crippen LogP contribution is 2.38. The van der Waals surface area contributed by atoms with E-state index in [0.29, 0.717) is 22.5 Å². The van der Waals surface area contributed by atoms with E-state index < -0.39 is 17.3 Å². The lowest BCUT2D eigenvalue weighted by atomic mass is 9.88. The molecule has 0 bridgehead atoms. The van der Waals surface area contributed by atoms with E-state index in [9.17, 15) is 19.5 Å². The number of anilines is 2. The molecular weight excluding hydrogens is 308 g/mol. The fourth-order valence-electron chi connectivity index (χ4n) is 2.78. The number of hydrogen-bond donors (Lipinski definition) is 3. The molecule has 1 aliphatic rings. The van der Waals surface area contributed by atoms with Gasteiger partial charge in [0, 0.05) is 29.4 Å². The van der Waals surface area contributed by atoms with Gasteiger partial charge in [0.05, 0.1) is 6.42 Å². The molecule has 0 saturated heterocycles. The number of aliphatic hydroxyl groups is 1. The molecule has 0 radical (unpaired) electrons. The lowest BCUT2D eigenvalue weighted by Gasteiger charge is -2.20. The summed E-state index contributed by atoms with van der Waals surface area (Å²) in [6.45, 7) is 1.37. The first-order valence-electron chi connectivity index (χ1n) is 7.44. The molecule has 0 aromatic heterocycles. The third-order valence-corrected chi connectivity index (χ3v) is 3.92. The SMILES string of the molecule is CC(=O)Nc1cccc(C(=O)CC2(O)C(=O)Nc3ccccc32)c1. The van der Waals surface area contributed by atoms with Gasteiger partial charge in [0.25, 0.3) is 5.91 Å². The third kappa shape index (κ3) is 2.79. The molecule has 0 spiro atoms. The number of carbonyl (C=O) groups is 3. The molecule has 1 aliphatic heterocycles. The van der Waals surface area contributed by atoms with Gasteiger partial charge in [0.15, 0.2) is 11.4 Å². The van der Waals surface area contributed by atoms with Crippen molar-refractivity contribution in [3.05, 3.63) is 59.7 Å². The normalized spacial score (nSPS) is 18.7. The van der Waals surface area contributed by atoms with Crippen LogP contribution in [0.3, 0.4) is 0 Å². The zero-order valence-corrected chi connectivity index (χ0v) is 13.0. The number of benzene rings is 2. The summed E-state index contributed by atoms with van der Waals surface area (Å²) in [5.74, 6) is -1.26. The van der Waals surface area contributed by atoms with Crippen LogP contribution >= 0.6 is 0 Å². The lowest BCUT2D eigenvalue weighted by Crippen LogP contribution is -2.36. The van der Waals surface area contributed by atoms with Gasteiger partial charge in [-0.25, -0.2) is 0 Å². The molecule has 3 N–H and O–H groups in total. The molecule has 6 heteroatoms. The van der Waals surface area contributed by atoms with Gasteiger partial charge in [0.2, 0.25) is 5.91 Å². The Morgan fingerprint density at radius 2 is 1.92 bits per heavy atom. The molecule has 0 saturated carbocycles. The molecule has 2 amide bonds. The maximum Gasteiger partial charge on any atom is 0.261 e. The van der Waals surface area contributed by atoms with E-state index in [0.717, 1.165) is 0 Å². The van der Waals surface area contributed by atoms with Crippen LogP contribution in [0.1, 0.15) is 29.3 Å². The molecule has 2 aromatic rings. The molecule has 24 heavy (non-hydrogen) atoms. The molecule has 0 fully saturated rings. The standard InChI is InChI=1S/C18H16N2O4/c1-11(21)19-13-6-4-5-12(9-13)16(22)10-18(24)14-7-2-3-8-15(14)20-17(18)23/h2-9,24H,10H2,1H3,(H,19,21)(H,20,23). The monoisotopic (exact) mass is 324 g/mol. The van der Waals surface area contributed by atoms with Crippen molar-refractivity contribution in [1.29, 1.82) is 0 Å². The number of Topliss-reactive ketones (excluding diaryl/α,β-unsaturated/α-hetero) is 1. The van der Waals surface area contributed by atoms with Crippen LogP contribution in [0.25, 0.3) is 0 Å². The molecule has 1 heterocycles. The second-order valence-corrected chi connectivity index (χ2v) is 5.72. The maximum atomic E-state index is 12.5. The Morgan fingerprint density at radius 3 is 2.67 bits per heavy atom. The minimum Gasteiger partial charge on any atom is -0.375 e. The Morgan fingerprint density at radius 1 is 1.17 bits per heavy atom. The van der Waals surface area contributed by atoms with Gasteiger partial charge in [-0.1, -0.05) is 30.3 Å². The van der Waals surface area contributed by atoms with Gasteiger partial charge in [-0.05, 0) is 18.2 Å². The summed E-state index contributed by atoms with van der Waals surface area (Å²) in [5, 5.41) is 15.9. The van der Waals surface area contributed by atoms with Crippen LogP contribution in [-0.2, 0) is 15.2 Å². The average molecular weight is 324 g/mol. The van der Waals surface area contributed by atoms with Crippen LogP contribution in [0.5, 0.6) is 0 Å². The molecule has 2 aromatic carbocycles. The first-order chi connectivity index (χ1) is 11.4. The van der Waals surface area contributed by atoms with Gasteiger partial charge >= 0.3 is 0 Å². The second kappa shape index (κ2) is 5.90. The number of hydrogen-bond acceptors (Lipinski definition) is 4. The molecule has 3 rings (SSSR count). The summed E-state index contributed by atoms with van der Waals surface area (Å²) in [6.07, 6.45) is -0.376. The quantitative estimate of drug-likeness (QED) is 0.750. The minimum atomic E-state index is -1.89.